The van der Waals surface area contributed by atoms with Crippen molar-refractivity contribution in [3.05, 3.63) is 35.9 Å². The zero-order valence-electron chi connectivity index (χ0n) is 14.0. The first-order chi connectivity index (χ1) is 11.1. The maximum atomic E-state index is 12.4. The Labute approximate surface area is 143 Å². The lowest BCUT2D eigenvalue weighted by Gasteiger charge is -2.32. The number of hydrogen-bond donors (Lipinski definition) is 1. The fourth-order valence-electron chi connectivity index (χ4n) is 2.84. The topological polar surface area (TPSA) is 49.4 Å². The molecule has 0 aliphatic carbocycles. The number of thioether (sulfide) groups is 1. The van der Waals surface area contributed by atoms with E-state index in [0.29, 0.717) is 13.1 Å². The van der Waals surface area contributed by atoms with Crippen LogP contribution in [0.25, 0.3) is 0 Å². The van der Waals surface area contributed by atoms with Crippen LogP contribution in [0.2, 0.25) is 0 Å². The van der Waals surface area contributed by atoms with Gasteiger partial charge in [-0.2, -0.15) is 11.8 Å². The lowest BCUT2D eigenvalue weighted by molar-refractivity contribution is -0.126. The number of carbonyl (C=O) groups is 2. The van der Waals surface area contributed by atoms with Crippen LogP contribution in [0.1, 0.15) is 36.5 Å². The summed E-state index contributed by atoms with van der Waals surface area (Å²) in [6.07, 6.45) is 4.57. The Bertz CT molecular complexity index is 513. The smallest absolute Gasteiger partial charge is 0.253 e. The second-order valence-electron chi connectivity index (χ2n) is 6.12. The fraction of sp³-hybridized carbons (Fsp3) is 0.556. The lowest BCUT2D eigenvalue weighted by Crippen LogP contribution is -2.44. The molecule has 0 aromatic heterocycles. The van der Waals surface area contributed by atoms with Crippen LogP contribution in [-0.2, 0) is 4.79 Å². The molecule has 1 aliphatic heterocycles. The van der Waals surface area contributed by atoms with E-state index in [1.807, 2.05) is 35.2 Å². The maximum Gasteiger partial charge on any atom is 0.253 e. The molecule has 0 saturated carbocycles. The number of nitrogens with zero attached hydrogens (tertiary/aromatic N) is 1. The summed E-state index contributed by atoms with van der Waals surface area (Å²) >= 11 is 1.80. The Morgan fingerprint density at radius 1 is 1.26 bits per heavy atom. The number of hydrogen-bond acceptors (Lipinski definition) is 3. The van der Waals surface area contributed by atoms with Crippen LogP contribution >= 0.6 is 11.8 Å². The first-order valence-electron chi connectivity index (χ1n) is 8.25. The van der Waals surface area contributed by atoms with Gasteiger partial charge >= 0.3 is 0 Å². The minimum Gasteiger partial charge on any atom is -0.353 e. The average molecular weight is 334 g/mol. The monoisotopic (exact) mass is 334 g/mol. The molecule has 5 heteroatoms. The highest BCUT2D eigenvalue weighted by Gasteiger charge is 2.28. The molecule has 1 atom stereocenters. The third kappa shape index (κ3) is 5.27. The Balaban J connectivity index is 1.79. The van der Waals surface area contributed by atoms with Gasteiger partial charge in [0.2, 0.25) is 5.91 Å². The molecule has 1 fully saturated rings. The van der Waals surface area contributed by atoms with Crippen molar-refractivity contribution in [3.63, 3.8) is 0 Å². The van der Waals surface area contributed by atoms with E-state index in [1.165, 1.54) is 0 Å². The largest absolute Gasteiger partial charge is 0.353 e. The molecule has 1 aromatic carbocycles. The van der Waals surface area contributed by atoms with Gasteiger partial charge in [0.25, 0.3) is 5.91 Å². The van der Waals surface area contributed by atoms with Crippen LogP contribution in [0.4, 0.5) is 0 Å². The first-order valence-corrected chi connectivity index (χ1v) is 9.65. The summed E-state index contributed by atoms with van der Waals surface area (Å²) in [7, 11) is 0. The molecular formula is C18H26N2O2S. The number of likely N-dealkylation sites (tertiary alicyclic amines) is 1. The van der Waals surface area contributed by atoms with Crippen LogP contribution < -0.4 is 5.32 Å². The molecule has 23 heavy (non-hydrogen) atoms. The molecule has 2 amide bonds. The molecule has 126 valence electrons. The molecular weight excluding hydrogens is 308 g/mol. The summed E-state index contributed by atoms with van der Waals surface area (Å²) in [5.41, 5.74) is 0.723. The molecule has 1 heterocycles. The van der Waals surface area contributed by atoms with Crippen LogP contribution in [0.5, 0.6) is 0 Å². The quantitative estimate of drug-likeness (QED) is 0.870. The third-order valence-electron chi connectivity index (χ3n) is 4.32. The summed E-state index contributed by atoms with van der Waals surface area (Å²) in [5.74, 6) is 1.31. The maximum absolute atomic E-state index is 12.4. The Morgan fingerprint density at radius 3 is 2.52 bits per heavy atom. The Morgan fingerprint density at radius 2 is 1.91 bits per heavy atom. The van der Waals surface area contributed by atoms with E-state index >= 15 is 0 Å². The van der Waals surface area contributed by atoms with E-state index in [-0.39, 0.29) is 23.8 Å². The van der Waals surface area contributed by atoms with Crippen molar-refractivity contribution in [2.24, 2.45) is 5.92 Å². The molecule has 1 aliphatic rings. The second kappa shape index (κ2) is 8.96. The summed E-state index contributed by atoms with van der Waals surface area (Å²) in [5, 5.41) is 3.10. The van der Waals surface area contributed by atoms with Crippen molar-refractivity contribution in [2.45, 2.75) is 32.2 Å². The van der Waals surface area contributed by atoms with Crippen molar-refractivity contribution >= 4 is 23.6 Å². The predicted octanol–water partition coefficient (Wildman–Crippen LogP) is 2.80. The molecule has 0 bridgehead atoms. The van der Waals surface area contributed by atoms with Gasteiger partial charge in [0, 0.05) is 30.6 Å². The number of rotatable bonds is 6. The zero-order chi connectivity index (χ0) is 16.7. The highest BCUT2D eigenvalue weighted by molar-refractivity contribution is 7.98. The summed E-state index contributed by atoms with van der Waals surface area (Å²) in [6, 6.07) is 9.57. The fourth-order valence-corrected chi connectivity index (χ4v) is 3.42. The Kier molecular flexibility index (Phi) is 6.96. The normalized spacial score (nSPS) is 16.9. The minimum atomic E-state index is 0.0338. The van der Waals surface area contributed by atoms with Gasteiger partial charge in [0.15, 0.2) is 0 Å². The molecule has 1 aromatic rings. The van der Waals surface area contributed by atoms with Crippen molar-refractivity contribution in [1.82, 2.24) is 10.2 Å². The first kappa shape index (κ1) is 17.9. The molecule has 0 spiro atoms. The van der Waals surface area contributed by atoms with E-state index in [4.69, 9.17) is 0 Å². The van der Waals surface area contributed by atoms with E-state index in [1.54, 1.807) is 11.8 Å². The summed E-state index contributed by atoms with van der Waals surface area (Å²) < 4.78 is 0. The van der Waals surface area contributed by atoms with Crippen molar-refractivity contribution < 1.29 is 9.59 Å². The van der Waals surface area contributed by atoms with Gasteiger partial charge in [-0.05, 0) is 50.3 Å². The Hall–Kier alpha value is -1.49. The van der Waals surface area contributed by atoms with Crippen LogP contribution in [0.3, 0.4) is 0 Å². The average Bonchev–Trinajstić information content (AvgIpc) is 2.60. The van der Waals surface area contributed by atoms with Gasteiger partial charge in [-0.1, -0.05) is 18.2 Å². The molecule has 1 saturated heterocycles. The number of piperidine rings is 1. The number of nitrogens with one attached hydrogen (secondary N) is 1. The molecule has 4 nitrogen and oxygen atoms in total. The van der Waals surface area contributed by atoms with Gasteiger partial charge in [0.1, 0.15) is 0 Å². The second-order valence-corrected chi connectivity index (χ2v) is 7.11. The highest BCUT2D eigenvalue weighted by Crippen LogP contribution is 2.19. The number of amides is 2. The summed E-state index contributed by atoms with van der Waals surface area (Å²) in [4.78, 5) is 26.5. The van der Waals surface area contributed by atoms with Gasteiger partial charge < -0.3 is 10.2 Å². The SMILES string of the molecule is CSCC[C@@H](C)NC(=O)C1CCN(C(=O)c2ccccc2)CC1. The predicted molar refractivity (Wildman–Crippen MR) is 95.7 cm³/mol. The van der Waals surface area contributed by atoms with Crippen LogP contribution in [0, 0.1) is 5.92 Å². The standard InChI is InChI=1S/C18H26N2O2S/c1-14(10-13-23-2)19-17(21)15-8-11-20(12-9-15)18(22)16-6-4-3-5-7-16/h3-7,14-15H,8-13H2,1-2H3,(H,19,21)/t14-/m1/s1. The molecule has 0 unspecified atom stereocenters. The van der Waals surface area contributed by atoms with Crippen LogP contribution in [0.15, 0.2) is 30.3 Å². The molecule has 1 N–H and O–H groups in total. The highest BCUT2D eigenvalue weighted by atomic mass is 32.2. The van der Waals surface area contributed by atoms with Crippen LogP contribution in [-0.4, -0.2) is 47.9 Å². The number of carbonyl (C=O) groups excluding carboxylic acids is 2. The van der Waals surface area contributed by atoms with E-state index < -0.39 is 0 Å². The van der Waals surface area contributed by atoms with Crippen molar-refractivity contribution in [3.8, 4) is 0 Å². The van der Waals surface area contributed by atoms with Gasteiger partial charge in [0.05, 0.1) is 0 Å². The van der Waals surface area contributed by atoms with E-state index in [2.05, 4.69) is 18.5 Å². The summed E-state index contributed by atoms with van der Waals surface area (Å²) in [6.45, 7) is 3.37. The van der Waals surface area contributed by atoms with Gasteiger partial charge in [-0.3, -0.25) is 9.59 Å². The van der Waals surface area contributed by atoms with E-state index in [9.17, 15) is 9.59 Å². The minimum absolute atomic E-state index is 0.0338. The lowest BCUT2D eigenvalue weighted by atomic mass is 9.95. The zero-order valence-corrected chi connectivity index (χ0v) is 14.8. The molecule has 2 rings (SSSR count). The van der Waals surface area contributed by atoms with Gasteiger partial charge in [-0.25, -0.2) is 0 Å². The molecule has 0 radical (unpaired) electrons. The third-order valence-corrected chi connectivity index (χ3v) is 4.96. The van der Waals surface area contributed by atoms with Gasteiger partial charge in [-0.15, -0.1) is 0 Å². The van der Waals surface area contributed by atoms with Crippen molar-refractivity contribution in [2.75, 3.05) is 25.1 Å². The number of benzene rings is 1. The van der Waals surface area contributed by atoms with Crippen molar-refractivity contribution in [1.29, 1.82) is 0 Å². The van der Waals surface area contributed by atoms with E-state index in [0.717, 1.165) is 30.6 Å².